The molecule has 3 nitrogen and oxygen atoms in total. The van der Waals surface area contributed by atoms with Crippen LogP contribution in [0.5, 0.6) is 0 Å². The lowest BCUT2D eigenvalue weighted by Gasteiger charge is -2.23. The molecule has 1 aromatic rings. The summed E-state index contributed by atoms with van der Waals surface area (Å²) < 4.78 is 0. The molecule has 0 bridgehead atoms. The number of amides is 1. The van der Waals surface area contributed by atoms with Crippen molar-refractivity contribution in [3.05, 3.63) is 29.3 Å². The van der Waals surface area contributed by atoms with E-state index in [2.05, 4.69) is 25.2 Å². The van der Waals surface area contributed by atoms with Crippen LogP contribution in [-0.4, -0.2) is 30.9 Å². The molecular formula is C18H28N2O. The van der Waals surface area contributed by atoms with E-state index in [-0.39, 0.29) is 5.91 Å². The van der Waals surface area contributed by atoms with Gasteiger partial charge in [0, 0.05) is 25.8 Å². The van der Waals surface area contributed by atoms with Crippen LogP contribution in [0, 0.1) is 12.8 Å². The largest absolute Gasteiger partial charge is 0.384 e. The summed E-state index contributed by atoms with van der Waals surface area (Å²) in [6, 6.07) is 6.06. The Morgan fingerprint density at radius 3 is 2.71 bits per heavy atom. The van der Waals surface area contributed by atoms with Crippen LogP contribution in [0.3, 0.4) is 0 Å². The highest BCUT2D eigenvalue weighted by Crippen LogP contribution is 2.26. The Bertz CT molecular complexity index is 478. The standard InChI is InChI=1S/C18H28N2O/c1-4-11-19-17-12-14(2)9-10-16(17)18(21)20(3)13-15-7-5-6-8-15/h9-10,12,15,19H,4-8,11,13H2,1-3H3. The first-order valence-corrected chi connectivity index (χ1v) is 8.21. The van der Waals surface area contributed by atoms with Crippen LogP contribution in [0.2, 0.25) is 0 Å². The van der Waals surface area contributed by atoms with Crippen molar-refractivity contribution in [2.24, 2.45) is 5.92 Å². The van der Waals surface area contributed by atoms with E-state index in [9.17, 15) is 4.79 Å². The van der Waals surface area contributed by atoms with Gasteiger partial charge in [0.25, 0.3) is 5.91 Å². The SMILES string of the molecule is CCCNc1cc(C)ccc1C(=O)N(C)CC1CCCC1. The van der Waals surface area contributed by atoms with Crippen molar-refractivity contribution in [2.75, 3.05) is 25.5 Å². The zero-order chi connectivity index (χ0) is 15.2. The van der Waals surface area contributed by atoms with Gasteiger partial charge >= 0.3 is 0 Å². The minimum absolute atomic E-state index is 0.139. The number of aryl methyl sites for hydroxylation is 1. The Labute approximate surface area is 128 Å². The molecule has 0 aliphatic heterocycles. The molecule has 0 atom stereocenters. The summed E-state index contributed by atoms with van der Waals surface area (Å²) in [4.78, 5) is 14.6. The van der Waals surface area contributed by atoms with E-state index in [4.69, 9.17) is 0 Å². The van der Waals surface area contributed by atoms with Crippen LogP contribution >= 0.6 is 0 Å². The Morgan fingerprint density at radius 1 is 1.33 bits per heavy atom. The van der Waals surface area contributed by atoms with Gasteiger partial charge in [-0.3, -0.25) is 4.79 Å². The molecule has 1 aliphatic rings. The first-order chi connectivity index (χ1) is 10.1. The quantitative estimate of drug-likeness (QED) is 0.855. The fourth-order valence-electron chi connectivity index (χ4n) is 3.12. The smallest absolute Gasteiger partial charge is 0.255 e. The second-order valence-corrected chi connectivity index (χ2v) is 6.31. The summed E-state index contributed by atoms with van der Waals surface area (Å²) in [6.07, 6.45) is 6.24. The number of hydrogen-bond acceptors (Lipinski definition) is 2. The monoisotopic (exact) mass is 288 g/mol. The molecular weight excluding hydrogens is 260 g/mol. The Hall–Kier alpha value is -1.51. The first kappa shape index (κ1) is 15.9. The summed E-state index contributed by atoms with van der Waals surface area (Å²) >= 11 is 0. The maximum atomic E-state index is 12.7. The van der Waals surface area contributed by atoms with Crippen LogP contribution in [0.4, 0.5) is 5.69 Å². The molecule has 0 unspecified atom stereocenters. The van der Waals surface area contributed by atoms with Crippen molar-refractivity contribution in [3.63, 3.8) is 0 Å². The number of benzene rings is 1. The van der Waals surface area contributed by atoms with Crippen LogP contribution in [-0.2, 0) is 0 Å². The number of nitrogens with one attached hydrogen (secondary N) is 1. The molecule has 0 saturated heterocycles. The highest BCUT2D eigenvalue weighted by atomic mass is 16.2. The maximum absolute atomic E-state index is 12.7. The van der Waals surface area contributed by atoms with E-state index in [1.807, 2.05) is 24.1 Å². The Kier molecular flexibility index (Phi) is 5.66. The van der Waals surface area contributed by atoms with Crippen molar-refractivity contribution in [3.8, 4) is 0 Å². The Morgan fingerprint density at radius 2 is 2.05 bits per heavy atom. The fourth-order valence-corrected chi connectivity index (χ4v) is 3.12. The average molecular weight is 288 g/mol. The summed E-state index contributed by atoms with van der Waals surface area (Å²) in [6.45, 7) is 5.99. The van der Waals surface area contributed by atoms with Crippen molar-refractivity contribution in [2.45, 2.75) is 46.0 Å². The molecule has 1 aliphatic carbocycles. The van der Waals surface area contributed by atoms with E-state index in [0.29, 0.717) is 5.92 Å². The molecule has 116 valence electrons. The lowest BCUT2D eigenvalue weighted by Crippen LogP contribution is -2.31. The molecule has 3 heteroatoms. The summed E-state index contributed by atoms with van der Waals surface area (Å²) in [5, 5.41) is 3.39. The molecule has 0 radical (unpaired) electrons. The third-order valence-corrected chi connectivity index (χ3v) is 4.32. The number of carbonyl (C=O) groups is 1. The molecule has 1 aromatic carbocycles. The Balaban J connectivity index is 2.09. The molecule has 21 heavy (non-hydrogen) atoms. The van der Waals surface area contributed by atoms with Crippen molar-refractivity contribution >= 4 is 11.6 Å². The van der Waals surface area contributed by atoms with E-state index in [1.165, 1.54) is 31.2 Å². The number of anilines is 1. The maximum Gasteiger partial charge on any atom is 0.255 e. The lowest BCUT2D eigenvalue weighted by atomic mass is 10.1. The van der Waals surface area contributed by atoms with Crippen LogP contribution in [0.1, 0.15) is 54.9 Å². The zero-order valence-corrected chi connectivity index (χ0v) is 13.6. The lowest BCUT2D eigenvalue weighted by molar-refractivity contribution is 0.0774. The van der Waals surface area contributed by atoms with Gasteiger partial charge in [-0.2, -0.15) is 0 Å². The van der Waals surface area contributed by atoms with Gasteiger partial charge in [0.1, 0.15) is 0 Å². The van der Waals surface area contributed by atoms with Crippen LogP contribution in [0.15, 0.2) is 18.2 Å². The average Bonchev–Trinajstić information content (AvgIpc) is 2.97. The topological polar surface area (TPSA) is 32.3 Å². The molecule has 0 aromatic heterocycles. The van der Waals surface area contributed by atoms with Crippen molar-refractivity contribution in [1.29, 1.82) is 0 Å². The van der Waals surface area contributed by atoms with Crippen molar-refractivity contribution < 1.29 is 4.79 Å². The normalized spacial score (nSPS) is 15.2. The molecule has 2 rings (SSSR count). The van der Waals surface area contributed by atoms with Gasteiger partial charge in [0.05, 0.1) is 5.56 Å². The van der Waals surface area contributed by atoms with Crippen molar-refractivity contribution in [1.82, 2.24) is 4.90 Å². The van der Waals surface area contributed by atoms with Crippen LogP contribution < -0.4 is 5.32 Å². The van der Waals surface area contributed by atoms with Crippen LogP contribution in [0.25, 0.3) is 0 Å². The van der Waals surface area contributed by atoms with E-state index in [1.54, 1.807) is 0 Å². The predicted octanol–water partition coefficient (Wildman–Crippen LogP) is 4.08. The minimum atomic E-state index is 0.139. The van der Waals surface area contributed by atoms with Gasteiger partial charge in [0.15, 0.2) is 0 Å². The highest BCUT2D eigenvalue weighted by Gasteiger charge is 2.21. The van der Waals surface area contributed by atoms with Gasteiger partial charge in [0.2, 0.25) is 0 Å². The first-order valence-electron chi connectivity index (χ1n) is 8.21. The molecule has 1 saturated carbocycles. The van der Waals surface area contributed by atoms with E-state index >= 15 is 0 Å². The molecule has 0 heterocycles. The summed E-state index contributed by atoms with van der Waals surface area (Å²) in [7, 11) is 1.93. The second kappa shape index (κ2) is 7.48. The van der Waals surface area contributed by atoms with Gasteiger partial charge in [-0.05, 0) is 49.8 Å². The number of rotatable bonds is 6. The van der Waals surface area contributed by atoms with E-state index < -0.39 is 0 Å². The summed E-state index contributed by atoms with van der Waals surface area (Å²) in [5.41, 5.74) is 2.96. The zero-order valence-electron chi connectivity index (χ0n) is 13.6. The number of hydrogen-bond donors (Lipinski definition) is 1. The summed E-state index contributed by atoms with van der Waals surface area (Å²) in [5.74, 6) is 0.831. The van der Waals surface area contributed by atoms with E-state index in [0.717, 1.165) is 30.8 Å². The molecule has 1 N–H and O–H groups in total. The highest BCUT2D eigenvalue weighted by molar-refractivity contribution is 5.99. The number of nitrogens with zero attached hydrogens (tertiary/aromatic N) is 1. The molecule has 1 fully saturated rings. The third-order valence-electron chi connectivity index (χ3n) is 4.32. The van der Waals surface area contributed by atoms with Gasteiger partial charge in [-0.15, -0.1) is 0 Å². The fraction of sp³-hybridized carbons (Fsp3) is 0.611. The van der Waals surface area contributed by atoms with Gasteiger partial charge in [-0.1, -0.05) is 25.8 Å². The van der Waals surface area contributed by atoms with Gasteiger partial charge in [-0.25, -0.2) is 0 Å². The molecule has 1 amide bonds. The molecule has 0 spiro atoms. The predicted molar refractivity (Wildman–Crippen MR) is 88.9 cm³/mol. The van der Waals surface area contributed by atoms with Gasteiger partial charge < -0.3 is 10.2 Å². The number of carbonyl (C=O) groups excluding carboxylic acids is 1. The third kappa shape index (κ3) is 4.23. The second-order valence-electron chi connectivity index (χ2n) is 6.31. The minimum Gasteiger partial charge on any atom is -0.384 e.